The van der Waals surface area contributed by atoms with E-state index in [9.17, 15) is 5.11 Å². The van der Waals surface area contributed by atoms with Gasteiger partial charge in [-0.25, -0.2) is 0 Å². The summed E-state index contributed by atoms with van der Waals surface area (Å²) < 4.78 is 1.82. The summed E-state index contributed by atoms with van der Waals surface area (Å²) in [6.07, 6.45) is 4.78. The van der Waals surface area contributed by atoms with Crippen LogP contribution < -0.4 is 0 Å². The van der Waals surface area contributed by atoms with Crippen LogP contribution in [0.25, 0.3) is 0 Å². The summed E-state index contributed by atoms with van der Waals surface area (Å²) in [5.74, 6) is 1.04. The average Bonchev–Trinajstić information content (AvgIpc) is 2.87. The first-order chi connectivity index (χ1) is 8.54. The smallest absolute Gasteiger partial charge is 0.0850 e. The van der Waals surface area contributed by atoms with Crippen LogP contribution in [0.5, 0.6) is 0 Å². The molecule has 2 rings (SSSR count). The Morgan fingerprint density at radius 3 is 2.72 bits per heavy atom. The molecule has 102 valence electrons. The van der Waals surface area contributed by atoms with Crippen LogP contribution >= 0.6 is 11.6 Å². The Hall–Kier alpha value is -0.540. The molecule has 0 spiro atoms. The summed E-state index contributed by atoms with van der Waals surface area (Å²) >= 11 is 6.32. The molecular formula is C14H23ClN2O. The van der Waals surface area contributed by atoms with Gasteiger partial charge in [0.25, 0.3) is 0 Å². The largest absolute Gasteiger partial charge is 0.392 e. The molecular weight excluding hydrogens is 248 g/mol. The number of aliphatic hydroxyl groups excluding tert-OH is 1. The van der Waals surface area contributed by atoms with Gasteiger partial charge in [0, 0.05) is 13.5 Å². The highest BCUT2D eigenvalue weighted by atomic mass is 35.5. The van der Waals surface area contributed by atoms with Gasteiger partial charge >= 0.3 is 0 Å². The molecule has 18 heavy (non-hydrogen) atoms. The zero-order chi connectivity index (χ0) is 13.3. The molecule has 0 saturated heterocycles. The fourth-order valence-corrected chi connectivity index (χ4v) is 3.51. The van der Waals surface area contributed by atoms with Crippen molar-refractivity contribution in [2.24, 2.45) is 18.9 Å². The quantitative estimate of drug-likeness (QED) is 0.913. The Labute approximate surface area is 114 Å². The molecule has 3 nitrogen and oxygen atoms in total. The average molecular weight is 271 g/mol. The maximum absolute atomic E-state index is 10.4. The van der Waals surface area contributed by atoms with Gasteiger partial charge in [0.05, 0.1) is 22.5 Å². The van der Waals surface area contributed by atoms with Crippen molar-refractivity contribution in [3.05, 3.63) is 16.4 Å². The molecule has 1 heterocycles. The van der Waals surface area contributed by atoms with Crippen LogP contribution in [0, 0.1) is 11.8 Å². The number of aryl methyl sites for hydroxylation is 2. The van der Waals surface area contributed by atoms with E-state index < -0.39 is 0 Å². The summed E-state index contributed by atoms with van der Waals surface area (Å²) in [5.41, 5.74) is 1.90. The van der Waals surface area contributed by atoms with Crippen molar-refractivity contribution in [2.45, 2.75) is 52.1 Å². The van der Waals surface area contributed by atoms with Crippen LogP contribution in [-0.2, 0) is 19.9 Å². The molecule has 3 unspecified atom stereocenters. The van der Waals surface area contributed by atoms with Gasteiger partial charge in [0.1, 0.15) is 0 Å². The minimum Gasteiger partial charge on any atom is -0.392 e. The Balaban J connectivity index is 2.11. The van der Waals surface area contributed by atoms with E-state index >= 15 is 0 Å². The normalized spacial score (nSPS) is 25.6. The highest BCUT2D eigenvalue weighted by Gasteiger charge is 2.31. The maximum Gasteiger partial charge on any atom is 0.0850 e. The maximum atomic E-state index is 10.4. The van der Waals surface area contributed by atoms with Gasteiger partial charge in [-0.15, -0.1) is 0 Å². The molecule has 1 fully saturated rings. The summed E-state index contributed by atoms with van der Waals surface area (Å²) in [6.45, 7) is 4.29. The number of hydrogen-bond acceptors (Lipinski definition) is 2. The summed E-state index contributed by atoms with van der Waals surface area (Å²) in [6, 6.07) is 0. The van der Waals surface area contributed by atoms with Gasteiger partial charge < -0.3 is 5.11 Å². The predicted octanol–water partition coefficient (Wildman–Crippen LogP) is 2.98. The van der Waals surface area contributed by atoms with E-state index in [-0.39, 0.29) is 6.10 Å². The fourth-order valence-electron chi connectivity index (χ4n) is 3.14. The topological polar surface area (TPSA) is 38.0 Å². The van der Waals surface area contributed by atoms with Gasteiger partial charge in [-0.05, 0) is 24.7 Å². The van der Waals surface area contributed by atoms with Crippen LogP contribution in [0.2, 0.25) is 5.02 Å². The summed E-state index contributed by atoms with van der Waals surface area (Å²) in [5, 5.41) is 15.5. The van der Waals surface area contributed by atoms with Gasteiger partial charge in [0.15, 0.2) is 0 Å². The van der Waals surface area contributed by atoms with E-state index in [2.05, 4.69) is 12.0 Å². The molecule has 0 aromatic carbocycles. The first-order valence-electron chi connectivity index (χ1n) is 6.92. The lowest BCUT2D eigenvalue weighted by molar-refractivity contribution is 0.0884. The van der Waals surface area contributed by atoms with Crippen LogP contribution in [0.4, 0.5) is 0 Å². The van der Waals surface area contributed by atoms with Gasteiger partial charge in [-0.2, -0.15) is 5.10 Å². The van der Waals surface area contributed by atoms with Crippen LogP contribution in [0.3, 0.4) is 0 Å². The van der Waals surface area contributed by atoms with Crippen molar-refractivity contribution in [1.29, 1.82) is 0 Å². The summed E-state index contributed by atoms with van der Waals surface area (Å²) in [4.78, 5) is 0. The van der Waals surface area contributed by atoms with Gasteiger partial charge in [0.2, 0.25) is 0 Å². The second-order valence-electron chi connectivity index (χ2n) is 5.53. The Kier molecular flexibility index (Phi) is 4.33. The fraction of sp³-hybridized carbons (Fsp3) is 0.786. The molecule has 1 aliphatic rings. The molecule has 1 aromatic rings. The Morgan fingerprint density at radius 2 is 2.22 bits per heavy atom. The van der Waals surface area contributed by atoms with Crippen molar-refractivity contribution < 1.29 is 5.11 Å². The Morgan fingerprint density at radius 1 is 1.50 bits per heavy atom. The molecule has 0 bridgehead atoms. The van der Waals surface area contributed by atoms with Crippen LogP contribution in [0.15, 0.2) is 0 Å². The number of aliphatic hydroxyl groups is 1. The van der Waals surface area contributed by atoms with E-state index in [4.69, 9.17) is 11.6 Å². The highest BCUT2D eigenvalue weighted by Crippen LogP contribution is 2.35. The first-order valence-corrected chi connectivity index (χ1v) is 7.30. The SMILES string of the molecule is CCc1nn(C)c(CC(O)C2CCCC2C)c1Cl. The number of rotatable bonds is 4. The summed E-state index contributed by atoms with van der Waals surface area (Å²) in [7, 11) is 1.91. The van der Waals surface area contributed by atoms with Crippen LogP contribution in [0.1, 0.15) is 44.5 Å². The molecule has 3 atom stereocenters. The lowest BCUT2D eigenvalue weighted by Gasteiger charge is -2.22. The second-order valence-corrected chi connectivity index (χ2v) is 5.91. The molecule has 1 saturated carbocycles. The monoisotopic (exact) mass is 270 g/mol. The third-order valence-electron chi connectivity index (χ3n) is 4.33. The lowest BCUT2D eigenvalue weighted by atomic mass is 9.89. The molecule has 1 aromatic heterocycles. The van der Waals surface area contributed by atoms with Gasteiger partial charge in [-0.1, -0.05) is 38.3 Å². The predicted molar refractivity (Wildman–Crippen MR) is 73.8 cm³/mol. The second kappa shape index (κ2) is 5.62. The molecule has 4 heteroatoms. The number of hydrogen-bond donors (Lipinski definition) is 1. The molecule has 0 amide bonds. The molecule has 1 N–H and O–H groups in total. The van der Waals surface area contributed by atoms with E-state index in [1.54, 1.807) is 0 Å². The van der Waals surface area contributed by atoms with E-state index in [0.29, 0.717) is 18.3 Å². The third kappa shape index (κ3) is 2.57. The van der Waals surface area contributed by atoms with Crippen molar-refractivity contribution in [2.75, 3.05) is 0 Å². The zero-order valence-electron chi connectivity index (χ0n) is 11.5. The number of nitrogens with zero attached hydrogens (tertiary/aromatic N) is 2. The molecule has 1 aliphatic carbocycles. The third-order valence-corrected chi connectivity index (χ3v) is 4.76. The standard InChI is InChI=1S/C14H23ClN2O/c1-4-11-14(15)12(17(3)16-11)8-13(18)10-7-5-6-9(10)2/h9-10,13,18H,4-8H2,1-3H3. The van der Waals surface area contributed by atoms with Crippen molar-refractivity contribution in [3.8, 4) is 0 Å². The van der Waals surface area contributed by atoms with Crippen molar-refractivity contribution in [1.82, 2.24) is 9.78 Å². The van der Waals surface area contributed by atoms with Crippen molar-refractivity contribution >= 4 is 11.6 Å². The van der Waals surface area contributed by atoms with E-state index in [1.165, 1.54) is 12.8 Å². The number of halogens is 1. The lowest BCUT2D eigenvalue weighted by Crippen LogP contribution is -2.25. The molecule has 0 aliphatic heterocycles. The molecule has 0 radical (unpaired) electrons. The van der Waals surface area contributed by atoms with E-state index in [0.717, 1.165) is 29.3 Å². The minimum absolute atomic E-state index is 0.292. The minimum atomic E-state index is -0.292. The van der Waals surface area contributed by atoms with E-state index in [1.807, 2.05) is 18.7 Å². The first kappa shape index (κ1) is 13.9. The number of aromatic nitrogens is 2. The Bertz CT molecular complexity index is 416. The highest BCUT2D eigenvalue weighted by molar-refractivity contribution is 6.31. The van der Waals surface area contributed by atoms with Crippen LogP contribution in [-0.4, -0.2) is 21.0 Å². The zero-order valence-corrected chi connectivity index (χ0v) is 12.2. The van der Waals surface area contributed by atoms with Crippen molar-refractivity contribution in [3.63, 3.8) is 0 Å². The van der Waals surface area contributed by atoms with Gasteiger partial charge in [-0.3, -0.25) is 4.68 Å².